The molecule has 0 bridgehead atoms. The molecule has 0 saturated carbocycles. The van der Waals surface area contributed by atoms with Gasteiger partial charge in [0.15, 0.2) is 0 Å². The molecule has 6 heteroatoms. The lowest BCUT2D eigenvalue weighted by Crippen LogP contribution is -2.30. The van der Waals surface area contributed by atoms with Crippen molar-refractivity contribution in [2.45, 2.75) is 19.0 Å². The van der Waals surface area contributed by atoms with E-state index in [4.69, 9.17) is 4.74 Å². The molecular formula is C16H20N4O2. The van der Waals surface area contributed by atoms with Gasteiger partial charge in [-0.15, -0.1) is 0 Å². The van der Waals surface area contributed by atoms with E-state index in [1.807, 2.05) is 30.5 Å². The number of H-pyrrole nitrogens is 1. The molecule has 1 aliphatic heterocycles. The highest BCUT2D eigenvalue weighted by atomic mass is 16.5. The van der Waals surface area contributed by atoms with Crippen molar-refractivity contribution in [3.8, 4) is 5.75 Å². The Balaban J connectivity index is 1.84. The van der Waals surface area contributed by atoms with Gasteiger partial charge >= 0.3 is 0 Å². The fourth-order valence-electron chi connectivity index (χ4n) is 2.81. The van der Waals surface area contributed by atoms with Crippen LogP contribution in [0, 0.1) is 0 Å². The summed E-state index contributed by atoms with van der Waals surface area (Å²) < 4.78 is 5.21. The molecule has 2 heterocycles. The normalized spacial score (nSPS) is 19.5. The van der Waals surface area contributed by atoms with E-state index in [0.717, 1.165) is 30.1 Å². The van der Waals surface area contributed by atoms with E-state index in [2.05, 4.69) is 20.2 Å². The van der Waals surface area contributed by atoms with Crippen LogP contribution in [0.15, 0.2) is 36.8 Å². The Labute approximate surface area is 129 Å². The third-order valence-corrected chi connectivity index (χ3v) is 3.97. The molecule has 1 saturated heterocycles. The summed E-state index contributed by atoms with van der Waals surface area (Å²) in [5.74, 6) is 0.912. The molecule has 6 nitrogen and oxygen atoms in total. The van der Waals surface area contributed by atoms with E-state index >= 15 is 0 Å². The third kappa shape index (κ3) is 3.28. The van der Waals surface area contributed by atoms with Gasteiger partial charge in [-0.05, 0) is 17.7 Å². The van der Waals surface area contributed by atoms with Gasteiger partial charge in [0.2, 0.25) is 5.91 Å². The van der Waals surface area contributed by atoms with Crippen LogP contribution >= 0.6 is 0 Å². The fourth-order valence-corrected chi connectivity index (χ4v) is 2.81. The monoisotopic (exact) mass is 300 g/mol. The molecule has 1 aliphatic rings. The van der Waals surface area contributed by atoms with Crippen LogP contribution in [0.5, 0.6) is 5.75 Å². The minimum atomic E-state index is 0.0525. The number of benzene rings is 1. The number of nitrogens with zero attached hydrogens (tertiary/aromatic N) is 2. The number of imidazole rings is 1. The average molecular weight is 300 g/mol. The summed E-state index contributed by atoms with van der Waals surface area (Å²) in [6.45, 7) is 2.22. The Morgan fingerprint density at radius 2 is 2.18 bits per heavy atom. The summed E-state index contributed by atoms with van der Waals surface area (Å²) in [6.07, 6.45) is 3.96. The highest BCUT2D eigenvalue weighted by Gasteiger charge is 2.26. The molecule has 2 N–H and O–H groups in total. The van der Waals surface area contributed by atoms with E-state index in [9.17, 15) is 4.79 Å². The summed E-state index contributed by atoms with van der Waals surface area (Å²) in [5.41, 5.74) is 2.17. The Bertz CT molecular complexity index is 610. The third-order valence-electron chi connectivity index (χ3n) is 3.97. The maximum atomic E-state index is 12.0. The van der Waals surface area contributed by atoms with E-state index in [1.165, 1.54) is 0 Å². The van der Waals surface area contributed by atoms with Crippen molar-refractivity contribution in [2.75, 3.05) is 20.2 Å². The Morgan fingerprint density at radius 3 is 2.86 bits per heavy atom. The Hall–Kier alpha value is -2.34. The zero-order chi connectivity index (χ0) is 15.4. The molecule has 1 aromatic carbocycles. The maximum absolute atomic E-state index is 12.0. The number of aromatic amines is 1. The van der Waals surface area contributed by atoms with Crippen molar-refractivity contribution in [3.05, 3.63) is 48.0 Å². The summed E-state index contributed by atoms with van der Waals surface area (Å²) in [6, 6.07) is 7.99. The summed E-state index contributed by atoms with van der Waals surface area (Å²) >= 11 is 0. The number of carbonyl (C=O) groups is 1. The van der Waals surface area contributed by atoms with Crippen LogP contribution in [0.1, 0.15) is 23.7 Å². The lowest BCUT2D eigenvalue weighted by molar-refractivity contribution is -0.121. The van der Waals surface area contributed by atoms with E-state index in [-0.39, 0.29) is 11.9 Å². The first-order chi connectivity index (χ1) is 10.8. The molecular weight excluding hydrogens is 280 g/mol. The highest BCUT2D eigenvalue weighted by molar-refractivity contribution is 5.77. The van der Waals surface area contributed by atoms with Crippen LogP contribution < -0.4 is 10.1 Å². The van der Waals surface area contributed by atoms with Gasteiger partial charge in [-0.1, -0.05) is 12.1 Å². The molecule has 1 fully saturated rings. The predicted octanol–water partition coefficient (Wildman–Crippen LogP) is 1.48. The molecule has 1 aromatic heterocycles. The molecule has 0 radical (unpaired) electrons. The van der Waals surface area contributed by atoms with Gasteiger partial charge < -0.3 is 15.0 Å². The van der Waals surface area contributed by atoms with Crippen molar-refractivity contribution < 1.29 is 9.53 Å². The van der Waals surface area contributed by atoms with Gasteiger partial charge in [-0.3, -0.25) is 9.69 Å². The van der Waals surface area contributed by atoms with E-state index < -0.39 is 0 Å². The van der Waals surface area contributed by atoms with Crippen molar-refractivity contribution in [3.63, 3.8) is 0 Å². The van der Waals surface area contributed by atoms with Gasteiger partial charge in [-0.2, -0.15) is 0 Å². The Kier molecular flexibility index (Phi) is 4.39. The molecule has 3 rings (SSSR count). The number of methoxy groups -OCH3 is 1. The number of rotatable bonds is 4. The lowest BCUT2D eigenvalue weighted by atomic mass is 10.0. The number of carbonyl (C=O) groups excluding carboxylic acids is 1. The van der Waals surface area contributed by atoms with E-state index in [1.54, 1.807) is 13.4 Å². The van der Waals surface area contributed by atoms with E-state index in [0.29, 0.717) is 13.0 Å². The molecule has 2 aromatic rings. The standard InChI is InChI=1S/C16H20N4O2/c1-22-14-4-2-12(3-5-14)15-8-16(21)18-6-7-20(15)10-13-9-17-11-19-13/h2-5,9,11,15H,6-8,10H2,1H3,(H,17,19)(H,18,21). The van der Waals surface area contributed by atoms with Crippen molar-refractivity contribution in [1.29, 1.82) is 0 Å². The molecule has 0 spiro atoms. The zero-order valence-corrected chi connectivity index (χ0v) is 12.6. The zero-order valence-electron chi connectivity index (χ0n) is 12.6. The van der Waals surface area contributed by atoms with Crippen molar-refractivity contribution >= 4 is 5.91 Å². The molecule has 1 amide bonds. The Morgan fingerprint density at radius 1 is 1.36 bits per heavy atom. The average Bonchev–Trinajstić information content (AvgIpc) is 2.98. The van der Waals surface area contributed by atoms with Crippen LogP contribution in [0.4, 0.5) is 0 Å². The minimum Gasteiger partial charge on any atom is -0.497 e. The number of nitrogens with one attached hydrogen (secondary N) is 2. The maximum Gasteiger partial charge on any atom is 0.221 e. The highest BCUT2D eigenvalue weighted by Crippen LogP contribution is 2.28. The second-order valence-electron chi connectivity index (χ2n) is 5.39. The molecule has 22 heavy (non-hydrogen) atoms. The van der Waals surface area contributed by atoms with Crippen molar-refractivity contribution in [2.24, 2.45) is 0 Å². The topological polar surface area (TPSA) is 70.2 Å². The predicted molar refractivity (Wildman–Crippen MR) is 82.4 cm³/mol. The summed E-state index contributed by atoms with van der Waals surface area (Å²) in [5, 5.41) is 2.95. The first-order valence-corrected chi connectivity index (χ1v) is 7.38. The lowest BCUT2D eigenvalue weighted by Gasteiger charge is -2.28. The van der Waals surface area contributed by atoms with Crippen LogP contribution in [0.2, 0.25) is 0 Å². The number of aromatic nitrogens is 2. The second kappa shape index (κ2) is 6.62. The van der Waals surface area contributed by atoms with Gasteiger partial charge in [0, 0.05) is 44.0 Å². The van der Waals surface area contributed by atoms with Gasteiger partial charge in [0.25, 0.3) is 0 Å². The smallest absolute Gasteiger partial charge is 0.221 e. The summed E-state index contributed by atoms with van der Waals surface area (Å²) in [7, 11) is 1.65. The molecule has 1 unspecified atom stereocenters. The SMILES string of the molecule is COc1ccc(C2CC(=O)NCCN2Cc2cnc[nH]2)cc1. The van der Waals surface area contributed by atoms with Crippen LogP contribution in [-0.4, -0.2) is 41.0 Å². The fraction of sp³-hybridized carbons (Fsp3) is 0.375. The van der Waals surface area contributed by atoms with Gasteiger partial charge in [-0.25, -0.2) is 4.98 Å². The number of ether oxygens (including phenoxy) is 1. The number of hydrogen-bond donors (Lipinski definition) is 2. The van der Waals surface area contributed by atoms with Crippen LogP contribution in [-0.2, 0) is 11.3 Å². The first kappa shape index (κ1) is 14.6. The number of amides is 1. The molecule has 116 valence electrons. The summed E-state index contributed by atoms with van der Waals surface area (Å²) in [4.78, 5) is 21.4. The van der Waals surface area contributed by atoms with Crippen LogP contribution in [0.25, 0.3) is 0 Å². The molecule has 0 aliphatic carbocycles. The second-order valence-corrected chi connectivity index (χ2v) is 5.39. The first-order valence-electron chi connectivity index (χ1n) is 7.38. The minimum absolute atomic E-state index is 0.0525. The van der Waals surface area contributed by atoms with Gasteiger partial charge in [0.1, 0.15) is 5.75 Å². The quantitative estimate of drug-likeness (QED) is 0.897. The van der Waals surface area contributed by atoms with Crippen LogP contribution in [0.3, 0.4) is 0 Å². The van der Waals surface area contributed by atoms with Gasteiger partial charge in [0.05, 0.1) is 13.4 Å². The molecule has 1 atom stereocenters. The number of hydrogen-bond acceptors (Lipinski definition) is 4. The van der Waals surface area contributed by atoms with Crippen molar-refractivity contribution in [1.82, 2.24) is 20.2 Å². The largest absolute Gasteiger partial charge is 0.497 e.